The first-order valence-electron chi connectivity index (χ1n) is 5.48. The first-order valence-corrected chi connectivity index (χ1v) is 5.48. The van der Waals surface area contributed by atoms with Crippen LogP contribution in [0.15, 0.2) is 12.1 Å². The fourth-order valence-corrected chi connectivity index (χ4v) is 1.03. The van der Waals surface area contributed by atoms with Gasteiger partial charge >= 0.3 is 5.97 Å². The number of nitrogens with zero attached hydrogens (tertiary/aromatic N) is 1. The molecule has 7 nitrogen and oxygen atoms in total. The Balaban J connectivity index is 0.000000399. The molecule has 0 saturated carbocycles. The molecule has 0 amide bonds. The number of carboxylic acid groups (broad SMARTS) is 1. The highest BCUT2D eigenvalue weighted by Gasteiger charge is 2.11. The van der Waals surface area contributed by atoms with E-state index >= 15 is 0 Å². The van der Waals surface area contributed by atoms with Crippen molar-refractivity contribution in [2.45, 2.75) is 0 Å². The number of aromatic carboxylic acids is 1. The van der Waals surface area contributed by atoms with Crippen molar-refractivity contribution in [1.82, 2.24) is 0 Å². The molecule has 0 atom stereocenters. The summed E-state index contributed by atoms with van der Waals surface area (Å²) in [5, 5.41) is 43.3. The van der Waals surface area contributed by atoms with Crippen LogP contribution >= 0.6 is 0 Å². The van der Waals surface area contributed by atoms with E-state index in [9.17, 15) is 4.79 Å². The Labute approximate surface area is 111 Å². The van der Waals surface area contributed by atoms with Gasteiger partial charge in [0.15, 0.2) is 17.2 Å². The Bertz CT molecular complexity index is 415. The van der Waals surface area contributed by atoms with Crippen molar-refractivity contribution in [3.05, 3.63) is 17.7 Å². The average Bonchev–Trinajstić information content (AvgIpc) is 2.24. The van der Waals surface area contributed by atoms with Gasteiger partial charge in [-0.15, -0.1) is 0 Å². The molecule has 108 valence electrons. The predicted molar refractivity (Wildman–Crippen MR) is 68.4 cm³/mol. The fourth-order valence-electron chi connectivity index (χ4n) is 1.03. The van der Waals surface area contributed by atoms with Crippen molar-refractivity contribution in [2.75, 3.05) is 34.3 Å². The summed E-state index contributed by atoms with van der Waals surface area (Å²) in [5.41, 5.74) is -0.289. The standard InChI is InChI=1S/C7H6O5.C5H14NO/c8-4-1-3(7(11)12)2-5(9)6(4)10;1-6(2,3)4-5-7/h1-2,8-10H,(H,11,12);7H,4-5H2,1-3H3/q;+1. The van der Waals surface area contributed by atoms with E-state index in [2.05, 4.69) is 21.1 Å². The molecule has 0 aromatic heterocycles. The van der Waals surface area contributed by atoms with Crippen molar-refractivity contribution < 1.29 is 34.8 Å². The third kappa shape index (κ3) is 6.49. The summed E-state index contributed by atoms with van der Waals surface area (Å²) < 4.78 is 0.844. The number of rotatable bonds is 3. The summed E-state index contributed by atoms with van der Waals surface area (Å²) in [6.07, 6.45) is 0. The molecule has 1 rings (SSSR count). The monoisotopic (exact) mass is 274 g/mol. The fraction of sp³-hybridized carbons (Fsp3) is 0.417. The molecule has 0 heterocycles. The molecule has 7 heteroatoms. The number of hydrogen-bond acceptors (Lipinski definition) is 5. The van der Waals surface area contributed by atoms with Crippen molar-refractivity contribution in [3.8, 4) is 17.2 Å². The molecule has 0 aliphatic carbocycles. The maximum absolute atomic E-state index is 10.3. The van der Waals surface area contributed by atoms with Crippen LogP contribution < -0.4 is 0 Å². The lowest BCUT2D eigenvalue weighted by atomic mass is 10.2. The molecular formula is C12H20NO6+. The van der Waals surface area contributed by atoms with E-state index in [4.69, 9.17) is 25.5 Å². The summed E-state index contributed by atoms with van der Waals surface area (Å²) in [6.45, 7) is 1.11. The molecule has 0 aliphatic rings. The van der Waals surface area contributed by atoms with Gasteiger partial charge in [0.2, 0.25) is 0 Å². The van der Waals surface area contributed by atoms with Crippen LogP contribution in [0.2, 0.25) is 0 Å². The molecule has 0 radical (unpaired) electrons. The maximum atomic E-state index is 10.3. The van der Waals surface area contributed by atoms with Crippen LogP contribution in [0.4, 0.5) is 0 Å². The van der Waals surface area contributed by atoms with Crippen LogP contribution in [-0.2, 0) is 0 Å². The van der Waals surface area contributed by atoms with Gasteiger partial charge in [0.05, 0.1) is 33.3 Å². The molecular weight excluding hydrogens is 254 g/mol. The van der Waals surface area contributed by atoms with Crippen molar-refractivity contribution in [3.63, 3.8) is 0 Å². The Morgan fingerprint density at radius 3 is 1.74 bits per heavy atom. The van der Waals surface area contributed by atoms with E-state index in [0.717, 1.165) is 23.2 Å². The largest absolute Gasteiger partial charge is 0.504 e. The lowest BCUT2D eigenvalue weighted by Gasteiger charge is -2.21. The van der Waals surface area contributed by atoms with Gasteiger partial charge < -0.3 is 30.0 Å². The van der Waals surface area contributed by atoms with Gasteiger partial charge in [-0.2, -0.15) is 0 Å². The molecule has 1 aromatic rings. The number of carbonyl (C=O) groups is 1. The van der Waals surface area contributed by atoms with Crippen LogP contribution in [0.5, 0.6) is 17.2 Å². The number of aliphatic hydroxyl groups is 1. The molecule has 0 unspecified atom stereocenters. The van der Waals surface area contributed by atoms with Gasteiger partial charge in [0.1, 0.15) is 6.54 Å². The number of benzene rings is 1. The van der Waals surface area contributed by atoms with E-state index < -0.39 is 23.2 Å². The van der Waals surface area contributed by atoms with Crippen LogP contribution in [-0.4, -0.2) is 70.3 Å². The lowest BCUT2D eigenvalue weighted by molar-refractivity contribution is -0.870. The first kappa shape index (κ1) is 17.0. The van der Waals surface area contributed by atoms with Gasteiger partial charge in [-0.05, 0) is 12.1 Å². The number of phenols is 3. The zero-order chi connectivity index (χ0) is 15.2. The normalized spacial score (nSPS) is 10.5. The molecule has 19 heavy (non-hydrogen) atoms. The average molecular weight is 274 g/mol. The molecule has 1 aromatic carbocycles. The quantitative estimate of drug-likeness (QED) is 0.396. The third-order valence-electron chi connectivity index (χ3n) is 2.09. The molecule has 0 saturated heterocycles. The number of aliphatic hydroxyl groups excluding tert-OH is 1. The van der Waals surface area contributed by atoms with E-state index in [1.807, 2.05) is 0 Å². The van der Waals surface area contributed by atoms with Crippen LogP contribution in [0.25, 0.3) is 0 Å². The summed E-state index contributed by atoms with van der Waals surface area (Å²) in [6, 6.07) is 1.69. The number of likely N-dealkylation sites (N-methyl/N-ethyl adjacent to an activating group) is 1. The Morgan fingerprint density at radius 1 is 1.11 bits per heavy atom. The van der Waals surface area contributed by atoms with Crippen LogP contribution in [0.1, 0.15) is 10.4 Å². The number of aromatic hydroxyl groups is 3. The zero-order valence-corrected chi connectivity index (χ0v) is 11.2. The van der Waals surface area contributed by atoms with Gasteiger partial charge in [-0.25, -0.2) is 4.79 Å². The summed E-state index contributed by atoms with van der Waals surface area (Å²) in [4.78, 5) is 10.3. The van der Waals surface area contributed by atoms with E-state index in [-0.39, 0.29) is 12.2 Å². The Hall–Kier alpha value is -1.99. The maximum Gasteiger partial charge on any atom is 0.335 e. The van der Waals surface area contributed by atoms with Crippen molar-refractivity contribution in [1.29, 1.82) is 0 Å². The van der Waals surface area contributed by atoms with Crippen LogP contribution in [0.3, 0.4) is 0 Å². The highest BCUT2D eigenvalue weighted by atomic mass is 16.4. The van der Waals surface area contributed by atoms with E-state index in [1.165, 1.54) is 0 Å². The Kier molecular flexibility index (Phi) is 6.10. The molecule has 5 N–H and O–H groups in total. The van der Waals surface area contributed by atoms with Crippen LogP contribution in [0, 0.1) is 0 Å². The van der Waals surface area contributed by atoms with Gasteiger partial charge in [0.25, 0.3) is 0 Å². The minimum absolute atomic E-state index is 0.281. The SMILES string of the molecule is C[N+](C)(C)CCO.O=C(O)c1cc(O)c(O)c(O)c1. The zero-order valence-electron chi connectivity index (χ0n) is 11.2. The summed E-state index contributed by atoms with van der Waals surface area (Å²) >= 11 is 0. The van der Waals surface area contributed by atoms with Gasteiger partial charge in [-0.1, -0.05) is 0 Å². The van der Waals surface area contributed by atoms with Gasteiger partial charge in [0, 0.05) is 0 Å². The van der Waals surface area contributed by atoms with Crippen molar-refractivity contribution in [2.24, 2.45) is 0 Å². The molecule has 0 aliphatic heterocycles. The predicted octanol–water partition coefficient (Wildman–Crippen LogP) is 0.187. The van der Waals surface area contributed by atoms with E-state index in [0.29, 0.717) is 0 Å². The molecule has 0 bridgehead atoms. The number of phenolic OH excluding ortho intramolecular Hbond substituents is 3. The lowest BCUT2D eigenvalue weighted by Crippen LogP contribution is -2.36. The second-order valence-corrected chi connectivity index (χ2v) is 4.91. The minimum atomic E-state index is -1.29. The highest BCUT2D eigenvalue weighted by Crippen LogP contribution is 2.35. The number of hydrogen-bond donors (Lipinski definition) is 5. The summed E-state index contributed by atoms with van der Waals surface area (Å²) in [7, 11) is 6.16. The second kappa shape index (κ2) is 6.81. The topological polar surface area (TPSA) is 118 Å². The smallest absolute Gasteiger partial charge is 0.335 e. The van der Waals surface area contributed by atoms with E-state index in [1.54, 1.807) is 0 Å². The highest BCUT2D eigenvalue weighted by molar-refractivity contribution is 5.89. The third-order valence-corrected chi connectivity index (χ3v) is 2.09. The molecule has 0 spiro atoms. The second-order valence-electron chi connectivity index (χ2n) is 4.91. The number of quaternary nitrogens is 1. The molecule has 0 fully saturated rings. The van der Waals surface area contributed by atoms with Crippen molar-refractivity contribution >= 4 is 5.97 Å². The Morgan fingerprint density at radius 2 is 1.53 bits per heavy atom. The minimum Gasteiger partial charge on any atom is -0.504 e. The summed E-state index contributed by atoms with van der Waals surface area (Å²) in [5.74, 6) is -3.33. The number of carboxylic acids is 1. The van der Waals surface area contributed by atoms with Gasteiger partial charge in [-0.3, -0.25) is 0 Å². The first-order chi connectivity index (χ1) is 8.58.